The highest BCUT2D eigenvalue weighted by Gasteiger charge is 2.22. The molecule has 0 radical (unpaired) electrons. The third-order valence-electron chi connectivity index (χ3n) is 2.54. The van der Waals surface area contributed by atoms with E-state index in [1.165, 1.54) is 24.3 Å². The van der Waals surface area contributed by atoms with Gasteiger partial charge < -0.3 is 10.2 Å². The van der Waals surface area contributed by atoms with Crippen LogP contribution >= 0.6 is 11.6 Å². The van der Waals surface area contributed by atoms with E-state index in [0.29, 0.717) is 0 Å². The molecule has 1 heterocycles. The Morgan fingerprint density at radius 3 is 2.35 bits per heavy atom. The Bertz CT molecular complexity index is 718. The van der Waals surface area contributed by atoms with Gasteiger partial charge in [-0.3, -0.25) is 0 Å². The summed E-state index contributed by atoms with van der Waals surface area (Å²) < 4.78 is 13.7. The second-order valence-corrected chi connectivity index (χ2v) is 4.21. The number of rotatable bonds is 3. The van der Waals surface area contributed by atoms with Gasteiger partial charge in [-0.05, 0) is 18.2 Å². The highest BCUT2D eigenvalue weighted by atomic mass is 35.5. The number of hydrogen-bond acceptors (Lipinski definition) is 3. The average Bonchev–Trinajstić information content (AvgIpc) is 2.39. The summed E-state index contributed by atoms with van der Waals surface area (Å²) in [5.41, 5.74) is -1.37. The van der Waals surface area contributed by atoms with Crippen molar-refractivity contribution < 1.29 is 24.2 Å². The van der Waals surface area contributed by atoms with Crippen molar-refractivity contribution in [1.29, 1.82) is 0 Å². The Morgan fingerprint density at radius 1 is 1.15 bits per heavy atom. The van der Waals surface area contributed by atoms with E-state index in [4.69, 9.17) is 21.8 Å². The molecule has 2 N–H and O–H groups in total. The highest BCUT2D eigenvalue weighted by Crippen LogP contribution is 2.29. The number of carboxylic acids is 2. The Balaban J connectivity index is 2.74. The lowest BCUT2D eigenvalue weighted by atomic mass is 10.1. The number of pyridine rings is 1. The molecule has 0 aliphatic carbocycles. The van der Waals surface area contributed by atoms with Crippen molar-refractivity contribution in [3.8, 4) is 11.3 Å². The Hall–Kier alpha value is -2.47. The van der Waals surface area contributed by atoms with Crippen LogP contribution in [0.3, 0.4) is 0 Å². The van der Waals surface area contributed by atoms with Crippen molar-refractivity contribution in [1.82, 2.24) is 4.98 Å². The van der Waals surface area contributed by atoms with E-state index in [-0.39, 0.29) is 16.3 Å². The highest BCUT2D eigenvalue weighted by molar-refractivity contribution is 6.33. The predicted octanol–water partition coefficient (Wildman–Crippen LogP) is 2.94. The molecule has 0 amide bonds. The number of aromatic carboxylic acids is 2. The topological polar surface area (TPSA) is 87.5 Å². The SMILES string of the molecule is O=C(O)c1cc(Cl)c(-c2ccccc2F)nc1C(=O)O. The van der Waals surface area contributed by atoms with Gasteiger partial charge in [0.1, 0.15) is 5.82 Å². The van der Waals surface area contributed by atoms with Crippen LogP contribution in [-0.2, 0) is 0 Å². The number of aromatic nitrogens is 1. The third kappa shape index (κ3) is 2.46. The molecule has 0 atom stereocenters. The molecule has 1 aromatic carbocycles. The second kappa shape index (κ2) is 5.26. The van der Waals surface area contributed by atoms with Crippen molar-refractivity contribution >= 4 is 23.5 Å². The van der Waals surface area contributed by atoms with Gasteiger partial charge in [-0.15, -0.1) is 0 Å². The van der Waals surface area contributed by atoms with Gasteiger partial charge in [-0.2, -0.15) is 0 Å². The Labute approximate surface area is 117 Å². The van der Waals surface area contributed by atoms with Gasteiger partial charge in [0.05, 0.1) is 16.3 Å². The maximum Gasteiger partial charge on any atom is 0.355 e. The normalized spacial score (nSPS) is 10.3. The number of benzene rings is 1. The molecule has 5 nitrogen and oxygen atoms in total. The van der Waals surface area contributed by atoms with E-state index >= 15 is 0 Å². The van der Waals surface area contributed by atoms with Gasteiger partial charge in [0.15, 0.2) is 5.69 Å². The standard InChI is InChI=1S/C13H7ClFNO4/c14-8-5-7(12(17)18)11(13(19)20)16-10(8)6-3-1-2-4-9(6)15/h1-5H,(H,17,18)(H,19,20). The molecule has 0 fully saturated rings. The Kier molecular flexibility index (Phi) is 3.67. The van der Waals surface area contributed by atoms with Crippen molar-refractivity contribution in [3.63, 3.8) is 0 Å². The van der Waals surface area contributed by atoms with E-state index in [0.717, 1.165) is 6.07 Å². The summed E-state index contributed by atoms with van der Waals surface area (Å²) in [6.07, 6.45) is 0. The zero-order valence-electron chi connectivity index (χ0n) is 9.80. The summed E-state index contributed by atoms with van der Waals surface area (Å²) in [6.45, 7) is 0. The number of halogens is 2. The fourth-order valence-electron chi connectivity index (χ4n) is 1.66. The predicted molar refractivity (Wildman–Crippen MR) is 68.6 cm³/mol. The van der Waals surface area contributed by atoms with Gasteiger partial charge in [-0.25, -0.2) is 19.0 Å². The van der Waals surface area contributed by atoms with Gasteiger partial charge in [-0.1, -0.05) is 23.7 Å². The lowest BCUT2D eigenvalue weighted by Gasteiger charge is -2.08. The summed E-state index contributed by atoms with van der Waals surface area (Å²) in [4.78, 5) is 25.7. The maximum absolute atomic E-state index is 13.7. The minimum atomic E-state index is -1.53. The van der Waals surface area contributed by atoms with Gasteiger partial charge in [0.25, 0.3) is 0 Å². The first-order chi connectivity index (χ1) is 9.41. The molecular weight excluding hydrogens is 289 g/mol. The van der Waals surface area contributed by atoms with E-state index in [1.807, 2.05) is 0 Å². The maximum atomic E-state index is 13.7. The fourth-order valence-corrected chi connectivity index (χ4v) is 1.91. The van der Waals surface area contributed by atoms with Crippen molar-refractivity contribution in [3.05, 3.63) is 52.4 Å². The number of carboxylic acid groups (broad SMARTS) is 2. The first kappa shape index (κ1) is 14.0. The molecule has 0 spiro atoms. The van der Waals surface area contributed by atoms with Crippen LogP contribution in [0.1, 0.15) is 20.8 Å². The van der Waals surface area contributed by atoms with Crippen LogP contribution < -0.4 is 0 Å². The molecule has 2 rings (SSSR count). The van der Waals surface area contributed by atoms with Crippen LogP contribution in [0.4, 0.5) is 4.39 Å². The van der Waals surface area contributed by atoms with Crippen LogP contribution in [0.5, 0.6) is 0 Å². The molecular formula is C13H7ClFNO4. The monoisotopic (exact) mass is 295 g/mol. The van der Waals surface area contributed by atoms with E-state index in [2.05, 4.69) is 4.98 Å². The summed E-state index contributed by atoms with van der Waals surface area (Å²) in [7, 11) is 0. The second-order valence-electron chi connectivity index (χ2n) is 3.81. The molecule has 0 saturated heterocycles. The molecule has 20 heavy (non-hydrogen) atoms. The minimum absolute atomic E-state index is 0.00283. The average molecular weight is 296 g/mol. The van der Waals surface area contributed by atoms with Gasteiger partial charge in [0.2, 0.25) is 0 Å². The van der Waals surface area contributed by atoms with Crippen molar-refractivity contribution in [2.45, 2.75) is 0 Å². The summed E-state index contributed by atoms with van der Waals surface area (Å²) in [5.74, 6) is -3.64. The third-order valence-corrected chi connectivity index (χ3v) is 2.83. The van der Waals surface area contributed by atoms with Crippen LogP contribution in [0.25, 0.3) is 11.3 Å². The number of hydrogen-bond donors (Lipinski definition) is 2. The summed E-state index contributed by atoms with van der Waals surface area (Å²) >= 11 is 5.87. The smallest absolute Gasteiger partial charge is 0.355 e. The zero-order valence-corrected chi connectivity index (χ0v) is 10.6. The van der Waals surface area contributed by atoms with E-state index in [1.54, 1.807) is 0 Å². The molecule has 0 saturated carbocycles. The van der Waals surface area contributed by atoms with Gasteiger partial charge in [0, 0.05) is 5.56 Å². The largest absolute Gasteiger partial charge is 0.478 e. The minimum Gasteiger partial charge on any atom is -0.478 e. The lowest BCUT2D eigenvalue weighted by Crippen LogP contribution is -2.11. The Morgan fingerprint density at radius 2 is 1.80 bits per heavy atom. The lowest BCUT2D eigenvalue weighted by molar-refractivity contribution is 0.0646. The molecule has 7 heteroatoms. The van der Waals surface area contributed by atoms with Crippen LogP contribution in [0.15, 0.2) is 30.3 Å². The number of nitrogens with zero attached hydrogens (tertiary/aromatic N) is 1. The molecule has 0 aliphatic heterocycles. The molecule has 2 aromatic rings. The zero-order chi connectivity index (χ0) is 14.9. The van der Waals surface area contributed by atoms with Crippen LogP contribution in [0.2, 0.25) is 5.02 Å². The first-order valence-corrected chi connectivity index (χ1v) is 5.71. The molecule has 102 valence electrons. The molecule has 0 bridgehead atoms. The van der Waals surface area contributed by atoms with Gasteiger partial charge >= 0.3 is 11.9 Å². The van der Waals surface area contributed by atoms with Crippen molar-refractivity contribution in [2.75, 3.05) is 0 Å². The summed E-state index contributed by atoms with van der Waals surface area (Å²) in [5, 5.41) is 17.8. The van der Waals surface area contributed by atoms with Crippen LogP contribution in [-0.4, -0.2) is 27.1 Å². The molecule has 0 unspecified atom stereocenters. The first-order valence-electron chi connectivity index (χ1n) is 5.34. The van der Waals surface area contributed by atoms with Crippen LogP contribution in [0, 0.1) is 5.82 Å². The molecule has 0 aliphatic rings. The quantitative estimate of drug-likeness (QED) is 0.909. The summed E-state index contributed by atoms with van der Waals surface area (Å²) in [6, 6.07) is 6.47. The van der Waals surface area contributed by atoms with E-state index < -0.39 is 29.0 Å². The molecule has 1 aromatic heterocycles. The van der Waals surface area contributed by atoms with E-state index in [9.17, 15) is 14.0 Å². The van der Waals surface area contributed by atoms with Crippen molar-refractivity contribution in [2.24, 2.45) is 0 Å². The fraction of sp³-hybridized carbons (Fsp3) is 0. The number of carbonyl (C=O) groups is 2.